The van der Waals surface area contributed by atoms with Gasteiger partial charge in [0.25, 0.3) is 5.91 Å². The van der Waals surface area contributed by atoms with Gasteiger partial charge in [0, 0.05) is 43.0 Å². The number of nitrogens with zero attached hydrogens (tertiary/aromatic N) is 2. The predicted molar refractivity (Wildman–Crippen MR) is 184 cm³/mol. The van der Waals surface area contributed by atoms with Crippen LogP contribution in [0.2, 0.25) is 0 Å². The second-order valence-electron chi connectivity index (χ2n) is 11.3. The minimum atomic E-state index is -0.690. The van der Waals surface area contributed by atoms with Gasteiger partial charge in [0.05, 0.1) is 24.6 Å². The standard InChI is InChI=1S/C36H42N6O3S/c1-25(29-14-8-12-26-10-4-6-13-30(26)29)40-35(43)31(15-9-19-37-22-27-11-5-7-16-32(27)45-3)41-36(44)33-18-17-28(46-33)23-38-24-34-39-20-21-42(34)2/h4-8,10-14,16-18,20-21,25,31,37-38H,9,15,19,22-24H2,1-3H3,(H,40,43)(H,41,44)/t25-,31-/m0/s1. The molecule has 9 nitrogen and oxygen atoms in total. The Hall–Kier alpha value is -4.51. The SMILES string of the molecule is COc1ccccc1CNCCC[C@H](NC(=O)c1ccc(CNCc2nccn2C)s1)C(=O)N[C@@H](C)c1cccc2ccccc12. The summed E-state index contributed by atoms with van der Waals surface area (Å²) < 4.78 is 7.43. The number of fused-ring (bicyclic) bond motifs is 1. The molecule has 0 aliphatic rings. The molecule has 46 heavy (non-hydrogen) atoms. The Labute approximate surface area is 274 Å². The number of aryl methyl sites for hydroxylation is 1. The lowest BCUT2D eigenvalue weighted by atomic mass is 9.99. The maximum atomic E-state index is 13.7. The number of amides is 2. The van der Waals surface area contributed by atoms with Crippen LogP contribution >= 0.6 is 11.3 Å². The first-order valence-corrected chi connectivity index (χ1v) is 16.4. The van der Waals surface area contributed by atoms with E-state index in [-0.39, 0.29) is 17.9 Å². The number of benzene rings is 3. The molecule has 0 saturated carbocycles. The number of rotatable bonds is 16. The van der Waals surface area contributed by atoms with Crippen molar-refractivity contribution in [2.45, 2.75) is 51.5 Å². The lowest BCUT2D eigenvalue weighted by Gasteiger charge is -2.22. The first-order valence-electron chi connectivity index (χ1n) is 15.6. The van der Waals surface area contributed by atoms with E-state index >= 15 is 0 Å². The van der Waals surface area contributed by atoms with Crippen LogP contribution in [0, 0.1) is 0 Å². The highest BCUT2D eigenvalue weighted by molar-refractivity contribution is 7.14. The summed E-state index contributed by atoms with van der Waals surface area (Å²) in [6.07, 6.45) is 4.87. The highest BCUT2D eigenvalue weighted by Crippen LogP contribution is 2.24. The van der Waals surface area contributed by atoms with Crippen molar-refractivity contribution in [2.75, 3.05) is 13.7 Å². The molecule has 4 N–H and O–H groups in total. The van der Waals surface area contributed by atoms with E-state index in [9.17, 15) is 9.59 Å². The fourth-order valence-electron chi connectivity index (χ4n) is 5.48. The van der Waals surface area contributed by atoms with Gasteiger partial charge in [-0.15, -0.1) is 11.3 Å². The Morgan fingerprint density at radius 1 is 0.913 bits per heavy atom. The summed E-state index contributed by atoms with van der Waals surface area (Å²) in [4.78, 5) is 33.1. The van der Waals surface area contributed by atoms with E-state index in [0.29, 0.717) is 43.9 Å². The maximum absolute atomic E-state index is 13.7. The van der Waals surface area contributed by atoms with Gasteiger partial charge in [-0.05, 0) is 60.8 Å². The van der Waals surface area contributed by atoms with E-state index in [0.717, 1.165) is 38.4 Å². The number of aromatic nitrogens is 2. The van der Waals surface area contributed by atoms with Gasteiger partial charge in [0.15, 0.2) is 0 Å². The van der Waals surface area contributed by atoms with Crippen LogP contribution in [0.1, 0.15) is 57.3 Å². The minimum Gasteiger partial charge on any atom is -0.496 e. The van der Waals surface area contributed by atoms with Crippen LogP contribution in [-0.2, 0) is 31.5 Å². The zero-order valence-electron chi connectivity index (χ0n) is 26.6. The Kier molecular flexibility index (Phi) is 11.6. The second-order valence-corrected chi connectivity index (χ2v) is 12.4. The molecule has 0 aliphatic carbocycles. The fourth-order valence-corrected chi connectivity index (χ4v) is 6.36. The molecule has 0 saturated heterocycles. The molecule has 0 aliphatic heterocycles. The summed E-state index contributed by atoms with van der Waals surface area (Å²) in [5.74, 6) is 1.33. The molecule has 5 rings (SSSR count). The van der Waals surface area contributed by atoms with Crippen LogP contribution in [0.5, 0.6) is 5.75 Å². The zero-order chi connectivity index (χ0) is 32.3. The highest BCUT2D eigenvalue weighted by Gasteiger charge is 2.24. The average molecular weight is 639 g/mol. The number of para-hydroxylation sites is 1. The maximum Gasteiger partial charge on any atom is 0.262 e. The number of nitrogens with one attached hydrogen (secondary N) is 4. The third kappa shape index (κ3) is 8.60. The normalized spacial score (nSPS) is 12.5. The van der Waals surface area contributed by atoms with E-state index in [1.165, 1.54) is 11.3 Å². The molecule has 10 heteroatoms. The van der Waals surface area contributed by atoms with Crippen molar-refractivity contribution in [3.63, 3.8) is 0 Å². The Morgan fingerprint density at radius 3 is 2.54 bits per heavy atom. The molecule has 2 heterocycles. The predicted octanol–water partition coefficient (Wildman–Crippen LogP) is 5.48. The van der Waals surface area contributed by atoms with Gasteiger partial charge in [-0.25, -0.2) is 4.98 Å². The fraction of sp³-hybridized carbons (Fsp3) is 0.306. The number of imidazole rings is 1. The molecule has 0 unspecified atom stereocenters. The van der Waals surface area contributed by atoms with E-state index < -0.39 is 6.04 Å². The monoisotopic (exact) mass is 638 g/mol. The molecule has 0 radical (unpaired) electrons. The van der Waals surface area contributed by atoms with Crippen LogP contribution in [0.15, 0.2) is 91.3 Å². The molecular formula is C36H42N6O3S. The van der Waals surface area contributed by atoms with Crippen LogP contribution in [0.4, 0.5) is 0 Å². The first-order chi connectivity index (χ1) is 22.4. The second kappa shape index (κ2) is 16.2. The molecule has 0 spiro atoms. The zero-order valence-corrected chi connectivity index (χ0v) is 27.4. The third-order valence-corrected chi connectivity index (χ3v) is 9.10. The Morgan fingerprint density at radius 2 is 1.72 bits per heavy atom. The molecule has 0 bridgehead atoms. The summed E-state index contributed by atoms with van der Waals surface area (Å²) in [5.41, 5.74) is 2.11. The lowest BCUT2D eigenvalue weighted by Crippen LogP contribution is -2.47. The summed E-state index contributed by atoms with van der Waals surface area (Å²) in [6.45, 7) is 4.57. The molecular weight excluding hydrogens is 597 g/mol. The number of ether oxygens (including phenoxy) is 1. The number of carbonyl (C=O) groups is 2. The number of carbonyl (C=O) groups excluding carboxylic acids is 2. The van der Waals surface area contributed by atoms with Gasteiger partial charge in [0.2, 0.25) is 5.91 Å². The topological polar surface area (TPSA) is 109 Å². The van der Waals surface area contributed by atoms with Crippen molar-refractivity contribution >= 4 is 33.9 Å². The van der Waals surface area contributed by atoms with Crippen LogP contribution < -0.4 is 26.0 Å². The summed E-state index contributed by atoms with van der Waals surface area (Å²) >= 11 is 1.42. The molecule has 5 aromatic rings. The number of hydrogen-bond donors (Lipinski definition) is 4. The summed E-state index contributed by atoms with van der Waals surface area (Å²) in [5, 5.41) is 15.2. The lowest BCUT2D eigenvalue weighted by molar-refractivity contribution is -0.123. The van der Waals surface area contributed by atoms with E-state index in [4.69, 9.17) is 4.74 Å². The quantitative estimate of drug-likeness (QED) is 0.107. The molecule has 240 valence electrons. The van der Waals surface area contributed by atoms with Gasteiger partial charge in [-0.1, -0.05) is 60.7 Å². The van der Waals surface area contributed by atoms with Gasteiger partial charge in [0.1, 0.15) is 17.6 Å². The Balaban J connectivity index is 1.21. The average Bonchev–Trinajstić information content (AvgIpc) is 3.72. The van der Waals surface area contributed by atoms with Crippen molar-refractivity contribution in [3.05, 3.63) is 118 Å². The molecule has 2 amide bonds. The van der Waals surface area contributed by atoms with E-state index in [2.05, 4.69) is 44.5 Å². The third-order valence-electron chi connectivity index (χ3n) is 8.01. The van der Waals surface area contributed by atoms with E-state index in [1.807, 2.05) is 85.4 Å². The van der Waals surface area contributed by atoms with Gasteiger partial charge >= 0.3 is 0 Å². The van der Waals surface area contributed by atoms with Crippen molar-refractivity contribution in [2.24, 2.45) is 7.05 Å². The van der Waals surface area contributed by atoms with Crippen molar-refractivity contribution in [1.29, 1.82) is 0 Å². The van der Waals surface area contributed by atoms with Gasteiger partial charge < -0.3 is 30.6 Å². The van der Waals surface area contributed by atoms with Crippen LogP contribution in [-0.4, -0.2) is 41.1 Å². The molecule has 2 atom stereocenters. The van der Waals surface area contributed by atoms with Gasteiger partial charge in [-0.2, -0.15) is 0 Å². The van der Waals surface area contributed by atoms with Crippen molar-refractivity contribution in [1.82, 2.24) is 30.8 Å². The van der Waals surface area contributed by atoms with Crippen molar-refractivity contribution < 1.29 is 14.3 Å². The van der Waals surface area contributed by atoms with Crippen molar-refractivity contribution in [3.8, 4) is 5.75 Å². The largest absolute Gasteiger partial charge is 0.496 e. The van der Waals surface area contributed by atoms with E-state index in [1.54, 1.807) is 13.3 Å². The first kappa shape index (κ1) is 32.9. The Bertz CT molecular complexity index is 1740. The minimum absolute atomic E-state index is 0.202. The summed E-state index contributed by atoms with van der Waals surface area (Å²) in [6, 6.07) is 25.0. The van der Waals surface area contributed by atoms with Crippen LogP contribution in [0.3, 0.4) is 0 Å². The number of thiophene rings is 1. The van der Waals surface area contributed by atoms with Gasteiger partial charge in [-0.3, -0.25) is 9.59 Å². The van der Waals surface area contributed by atoms with Crippen LogP contribution in [0.25, 0.3) is 10.8 Å². The molecule has 0 fully saturated rings. The molecule has 3 aromatic carbocycles. The molecule has 2 aromatic heterocycles. The summed E-state index contributed by atoms with van der Waals surface area (Å²) in [7, 11) is 3.63. The number of methoxy groups -OCH3 is 1. The smallest absolute Gasteiger partial charge is 0.262 e. The number of hydrogen-bond acceptors (Lipinski definition) is 7. The highest BCUT2D eigenvalue weighted by atomic mass is 32.1.